The molecule has 0 fully saturated rings. The van der Waals surface area contributed by atoms with Crippen molar-refractivity contribution >= 4 is 16.8 Å². The highest BCUT2D eigenvalue weighted by atomic mass is 35.5. The van der Waals surface area contributed by atoms with Crippen molar-refractivity contribution in [2.24, 2.45) is 5.16 Å². The molecule has 1 aromatic rings. The van der Waals surface area contributed by atoms with Crippen LogP contribution in [0.25, 0.3) is 0 Å². The second-order valence-corrected chi connectivity index (χ2v) is 2.31. The molecular weight excluding hydrogens is 166 g/mol. The minimum absolute atomic E-state index is 0.0596. The summed E-state index contributed by atoms with van der Waals surface area (Å²) in [6, 6.07) is 0. The van der Waals surface area contributed by atoms with Crippen molar-refractivity contribution in [1.82, 2.24) is 9.55 Å². The zero-order valence-electron chi connectivity index (χ0n) is 6.03. The van der Waals surface area contributed by atoms with Crippen LogP contribution in [0.5, 0.6) is 0 Å². The first kappa shape index (κ1) is 8.07. The fraction of sp³-hybridized carbons (Fsp3) is 0.333. The third kappa shape index (κ3) is 1.51. The van der Waals surface area contributed by atoms with Crippen LogP contribution in [0.3, 0.4) is 0 Å². The molecular formula is C6H8ClN3O. The lowest BCUT2D eigenvalue weighted by Gasteiger charge is -1.99. The van der Waals surface area contributed by atoms with Gasteiger partial charge in [0.25, 0.3) is 0 Å². The van der Waals surface area contributed by atoms with Crippen molar-refractivity contribution in [2.75, 3.05) is 0 Å². The number of oxime groups is 1. The summed E-state index contributed by atoms with van der Waals surface area (Å²) in [5, 5.41) is 11.3. The van der Waals surface area contributed by atoms with Gasteiger partial charge in [-0.15, -0.1) is 0 Å². The van der Waals surface area contributed by atoms with E-state index in [4.69, 9.17) is 16.8 Å². The molecule has 1 heterocycles. The van der Waals surface area contributed by atoms with Gasteiger partial charge in [0, 0.05) is 6.54 Å². The van der Waals surface area contributed by atoms with Gasteiger partial charge in [-0.25, -0.2) is 4.98 Å². The van der Waals surface area contributed by atoms with Crippen LogP contribution in [-0.4, -0.2) is 19.9 Å². The maximum absolute atomic E-state index is 8.34. The van der Waals surface area contributed by atoms with Gasteiger partial charge in [-0.05, 0) is 6.92 Å². The third-order valence-electron chi connectivity index (χ3n) is 1.35. The van der Waals surface area contributed by atoms with E-state index in [9.17, 15) is 0 Å². The molecule has 0 radical (unpaired) electrons. The summed E-state index contributed by atoms with van der Waals surface area (Å²) in [7, 11) is 0. The standard InChI is InChI=1S/C6H8ClN3O/c1-2-10-4-8-3-5(10)6(7)9-11/h3-4,11H,2H2,1H3/b9-6-. The van der Waals surface area contributed by atoms with Crippen LogP contribution in [-0.2, 0) is 6.54 Å². The maximum atomic E-state index is 8.34. The monoisotopic (exact) mass is 173 g/mol. The minimum Gasteiger partial charge on any atom is -0.410 e. The second-order valence-electron chi connectivity index (χ2n) is 1.96. The van der Waals surface area contributed by atoms with Gasteiger partial charge in [-0.3, -0.25) is 0 Å². The molecule has 1 N–H and O–H groups in total. The summed E-state index contributed by atoms with van der Waals surface area (Å²) in [6.07, 6.45) is 3.18. The predicted octanol–water partition coefficient (Wildman–Crippen LogP) is 1.28. The van der Waals surface area contributed by atoms with E-state index in [0.717, 1.165) is 6.54 Å². The zero-order chi connectivity index (χ0) is 8.27. The Balaban J connectivity index is 3.02. The summed E-state index contributed by atoms with van der Waals surface area (Å²) in [4.78, 5) is 3.85. The largest absolute Gasteiger partial charge is 0.410 e. The Labute approximate surface area is 69.1 Å². The smallest absolute Gasteiger partial charge is 0.193 e. The van der Waals surface area contributed by atoms with E-state index in [1.54, 1.807) is 17.1 Å². The van der Waals surface area contributed by atoms with Gasteiger partial charge in [-0.1, -0.05) is 16.8 Å². The number of imidazole rings is 1. The molecule has 11 heavy (non-hydrogen) atoms. The highest BCUT2D eigenvalue weighted by molar-refractivity contribution is 6.69. The molecule has 0 amide bonds. The van der Waals surface area contributed by atoms with Gasteiger partial charge in [0.1, 0.15) is 5.69 Å². The number of hydrogen-bond acceptors (Lipinski definition) is 3. The molecule has 1 aromatic heterocycles. The molecule has 4 nitrogen and oxygen atoms in total. The van der Waals surface area contributed by atoms with Crippen molar-refractivity contribution in [2.45, 2.75) is 13.5 Å². The van der Waals surface area contributed by atoms with Crippen LogP contribution < -0.4 is 0 Å². The number of aryl methyl sites for hydroxylation is 1. The Morgan fingerprint density at radius 3 is 3.18 bits per heavy atom. The Morgan fingerprint density at radius 2 is 2.64 bits per heavy atom. The first-order chi connectivity index (χ1) is 5.29. The van der Waals surface area contributed by atoms with Gasteiger partial charge in [0.05, 0.1) is 12.5 Å². The molecule has 0 spiro atoms. The normalized spacial score (nSPS) is 12.0. The van der Waals surface area contributed by atoms with Gasteiger partial charge in [0.15, 0.2) is 5.17 Å². The molecule has 0 aliphatic heterocycles. The molecule has 0 atom stereocenters. The quantitative estimate of drug-likeness (QED) is 0.416. The summed E-state index contributed by atoms with van der Waals surface area (Å²) in [5.74, 6) is 0. The second kappa shape index (κ2) is 3.39. The number of aromatic nitrogens is 2. The van der Waals surface area contributed by atoms with Gasteiger partial charge in [-0.2, -0.15) is 0 Å². The molecule has 0 saturated carbocycles. The summed E-state index contributed by atoms with van der Waals surface area (Å²) >= 11 is 5.56. The van der Waals surface area contributed by atoms with Crippen molar-refractivity contribution < 1.29 is 5.21 Å². The number of rotatable bonds is 2. The number of nitrogens with zero attached hydrogens (tertiary/aromatic N) is 3. The zero-order valence-corrected chi connectivity index (χ0v) is 6.78. The van der Waals surface area contributed by atoms with Crippen LogP contribution in [0.4, 0.5) is 0 Å². The summed E-state index contributed by atoms with van der Waals surface area (Å²) in [6.45, 7) is 2.70. The molecule has 0 aliphatic carbocycles. The highest BCUT2D eigenvalue weighted by Crippen LogP contribution is 2.03. The van der Waals surface area contributed by atoms with Crippen LogP contribution >= 0.6 is 11.6 Å². The molecule has 60 valence electrons. The lowest BCUT2D eigenvalue weighted by Crippen LogP contribution is -2.02. The number of halogens is 1. The average Bonchev–Trinajstić information content (AvgIpc) is 2.50. The van der Waals surface area contributed by atoms with Crippen LogP contribution in [0.2, 0.25) is 0 Å². The van der Waals surface area contributed by atoms with Gasteiger partial charge >= 0.3 is 0 Å². The lowest BCUT2D eigenvalue weighted by atomic mass is 10.5. The Hall–Kier alpha value is -1.03. The SMILES string of the molecule is CCn1cncc1/C(Cl)=N/O. The summed E-state index contributed by atoms with van der Waals surface area (Å²) in [5.41, 5.74) is 0.622. The van der Waals surface area contributed by atoms with Gasteiger partial charge in [0.2, 0.25) is 0 Å². The Bertz CT molecular complexity index is 269. The fourth-order valence-corrected chi connectivity index (χ4v) is 0.953. The van der Waals surface area contributed by atoms with Gasteiger partial charge < -0.3 is 9.77 Å². The van der Waals surface area contributed by atoms with Crippen molar-refractivity contribution in [3.63, 3.8) is 0 Å². The number of hydrogen-bond donors (Lipinski definition) is 1. The Kier molecular flexibility index (Phi) is 2.48. The van der Waals surface area contributed by atoms with E-state index in [-0.39, 0.29) is 5.17 Å². The van der Waals surface area contributed by atoms with E-state index >= 15 is 0 Å². The fourth-order valence-electron chi connectivity index (χ4n) is 0.796. The molecule has 0 aromatic carbocycles. The molecule has 1 rings (SSSR count). The van der Waals surface area contributed by atoms with Crippen LogP contribution in [0.15, 0.2) is 17.7 Å². The molecule has 0 unspecified atom stereocenters. The van der Waals surface area contributed by atoms with E-state index in [0.29, 0.717) is 5.69 Å². The van der Waals surface area contributed by atoms with Crippen molar-refractivity contribution in [1.29, 1.82) is 0 Å². The Morgan fingerprint density at radius 1 is 1.91 bits per heavy atom. The first-order valence-corrected chi connectivity index (χ1v) is 3.55. The minimum atomic E-state index is 0.0596. The van der Waals surface area contributed by atoms with Crippen LogP contribution in [0.1, 0.15) is 12.6 Å². The molecule has 0 saturated heterocycles. The van der Waals surface area contributed by atoms with E-state index < -0.39 is 0 Å². The first-order valence-electron chi connectivity index (χ1n) is 3.17. The summed E-state index contributed by atoms with van der Waals surface area (Å²) < 4.78 is 1.78. The van der Waals surface area contributed by atoms with Crippen LogP contribution in [0, 0.1) is 0 Å². The highest BCUT2D eigenvalue weighted by Gasteiger charge is 2.05. The van der Waals surface area contributed by atoms with E-state index in [2.05, 4.69) is 10.1 Å². The van der Waals surface area contributed by atoms with Crippen molar-refractivity contribution in [3.05, 3.63) is 18.2 Å². The third-order valence-corrected chi connectivity index (χ3v) is 1.62. The topological polar surface area (TPSA) is 50.4 Å². The molecule has 0 aliphatic rings. The average molecular weight is 174 g/mol. The maximum Gasteiger partial charge on any atom is 0.193 e. The molecule has 0 bridgehead atoms. The lowest BCUT2D eigenvalue weighted by molar-refractivity contribution is 0.320. The van der Waals surface area contributed by atoms with E-state index in [1.807, 2.05) is 6.92 Å². The van der Waals surface area contributed by atoms with Crippen molar-refractivity contribution in [3.8, 4) is 0 Å². The molecule has 5 heteroatoms. The van der Waals surface area contributed by atoms with E-state index in [1.165, 1.54) is 0 Å². The predicted molar refractivity (Wildman–Crippen MR) is 42.1 cm³/mol.